The number of carbonyl (C=O) groups excluding carboxylic acids is 1. The zero-order chi connectivity index (χ0) is 15.0. The zero-order valence-electron chi connectivity index (χ0n) is 11.4. The largest absolute Gasteiger partial charge is 0.358 e. The number of nitrogens with zero attached hydrogens (tertiary/aromatic N) is 3. The number of pyridine rings is 1. The highest BCUT2D eigenvalue weighted by Gasteiger charge is 2.29. The maximum absolute atomic E-state index is 11.9. The minimum atomic E-state index is -0.279. The van der Waals surface area contributed by atoms with Gasteiger partial charge in [0.2, 0.25) is 5.91 Å². The molecule has 0 unspecified atom stereocenters. The molecule has 0 saturated carbocycles. The molecule has 3 rings (SSSR count). The molecule has 1 aliphatic heterocycles. The molecule has 0 spiro atoms. The molecule has 1 amide bonds. The predicted molar refractivity (Wildman–Crippen MR) is 81.1 cm³/mol. The van der Waals surface area contributed by atoms with Crippen LogP contribution in [-0.4, -0.2) is 35.4 Å². The van der Waals surface area contributed by atoms with Gasteiger partial charge in [0.1, 0.15) is 11.9 Å². The fourth-order valence-corrected chi connectivity index (χ4v) is 2.67. The number of halogens is 1. The molecular formula is C15H13ClN4O. The second kappa shape index (κ2) is 5.23. The predicted octanol–water partition coefficient (Wildman–Crippen LogP) is 2.40. The number of likely N-dealkylation sites (tertiary alicyclic amines) is 1. The zero-order valence-corrected chi connectivity index (χ0v) is 12.2. The average molecular weight is 301 g/mol. The number of fused-ring (bicyclic) bond motifs is 1. The molecule has 0 radical (unpaired) electrons. The molecule has 0 bridgehead atoms. The van der Waals surface area contributed by atoms with E-state index in [0.717, 1.165) is 13.0 Å². The summed E-state index contributed by atoms with van der Waals surface area (Å²) in [6.07, 6.45) is 0.734. The molecule has 21 heavy (non-hydrogen) atoms. The van der Waals surface area contributed by atoms with Crippen molar-refractivity contribution in [2.75, 3.05) is 18.9 Å². The summed E-state index contributed by atoms with van der Waals surface area (Å²) < 4.78 is 0. The van der Waals surface area contributed by atoms with Crippen molar-refractivity contribution in [1.29, 1.82) is 5.26 Å². The van der Waals surface area contributed by atoms with E-state index in [2.05, 4.69) is 16.4 Å². The maximum atomic E-state index is 11.9. The van der Waals surface area contributed by atoms with Crippen molar-refractivity contribution >= 4 is 34.2 Å². The van der Waals surface area contributed by atoms with Crippen molar-refractivity contribution in [3.8, 4) is 6.07 Å². The number of anilines is 1. The van der Waals surface area contributed by atoms with Gasteiger partial charge in [-0.15, -0.1) is 0 Å². The summed E-state index contributed by atoms with van der Waals surface area (Å²) in [5.74, 6) is 0.585. The number of rotatable bonds is 2. The third-order valence-corrected chi connectivity index (χ3v) is 3.88. The Morgan fingerprint density at radius 2 is 2.29 bits per heavy atom. The second-order valence-corrected chi connectivity index (χ2v) is 5.51. The molecule has 1 N–H and O–H groups in total. The Labute approximate surface area is 127 Å². The number of carbonyl (C=O) groups is 1. The minimum absolute atomic E-state index is 0.0477. The van der Waals surface area contributed by atoms with Gasteiger partial charge in [0.05, 0.1) is 17.1 Å². The van der Waals surface area contributed by atoms with Crippen LogP contribution in [0.4, 0.5) is 5.82 Å². The molecule has 2 heterocycles. The van der Waals surface area contributed by atoms with Gasteiger partial charge in [0.15, 0.2) is 0 Å². The van der Waals surface area contributed by atoms with Gasteiger partial charge in [-0.2, -0.15) is 5.26 Å². The molecule has 1 fully saturated rings. The highest BCUT2D eigenvalue weighted by atomic mass is 35.5. The smallest absolute Gasteiger partial charge is 0.244 e. The Kier molecular flexibility index (Phi) is 3.40. The lowest BCUT2D eigenvalue weighted by Gasteiger charge is -2.13. The Bertz CT molecular complexity index is 768. The van der Waals surface area contributed by atoms with Gasteiger partial charge in [-0.05, 0) is 30.7 Å². The van der Waals surface area contributed by atoms with Crippen molar-refractivity contribution < 1.29 is 4.79 Å². The van der Waals surface area contributed by atoms with Gasteiger partial charge in [-0.25, -0.2) is 4.98 Å². The molecule has 2 aromatic rings. The quantitative estimate of drug-likeness (QED) is 0.924. The second-order valence-electron chi connectivity index (χ2n) is 5.07. The third-order valence-electron chi connectivity index (χ3n) is 3.64. The van der Waals surface area contributed by atoms with Crippen LogP contribution in [0.5, 0.6) is 0 Å². The van der Waals surface area contributed by atoms with E-state index in [0.29, 0.717) is 27.3 Å². The summed E-state index contributed by atoms with van der Waals surface area (Å²) in [5.41, 5.74) is 1.17. The van der Waals surface area contributed by atoms with E-state index in [1.54, 1.807) is 36.2 Å². The van der Waals surface area contributed by atoms with Gasteiger partial charge in [0.25, 0.3) is 0 Å². The topological polar surface area (TPSA) is 69.0 Å². The summed E-state index contributed by atoms with van der Waals surface area (Å²) in [6.45, 7) is 0.727. The van der Waals surface area contributed by atoms with E-state index in [1.165, 1.54) is 0 Å². The molecule has 5 nitrogen and oxygen atoms in total. The highest BCUT2D eigenvalue weighted by Crippen LogP contribution is 2.25. The van der Waals surface area contributed by atoms with Crippen molar-refractivity contribution in [3.05, 3.63) is 34.9 Å². The van der Waals surface area contributed by atoms with Gasteiger partial charge < -0.3 is 10.2 Å². The summed E-state index contributed by atoms with van der Waals surface area (Å²) in [5, 5.41) is 13.7. The normalized spacial score (nSPS) is 18.0. The van der Waals surface area contributed by atoms with Crippen molar-refractivity contribution in [2.24, 2.45) is 0 Å². The van der Waals surface area contributed by atoms with E-state index in [4.69, 9.17) is 11.6 Å². The SMILES string of the molecule is CN1CC[C@H](Nc2cc(C#N)c3cc(Cl)ccc3n2)C1=O. The molecule has 1 aliphatic rings. The first-order valence-corrected chi connectivity index (χ1v) is 6.98. The van der Waals surface area contributed by atoms with E-state index in [-0.39, 0.29) is 11.9 Å². The number of aromatic nitrogens is 1. The van der Waals surface area contributed by atoms with Crippen LogP contribution in [0.15, 0.2) is 24.3 Å². The summed E-state index contributed by atoms with van der Waals surface area (Å²) in [7, 11) is 1.78. The number of hydrogen-bond acceptors (Lipinski definition) is 4. The average Bonchev–Trinajstić information content (AvgIpc) is 2.79. The molecule has 1 saturated heterocycles. The number of nitriles is 1. The fraction of sp³-hybridized carbons (Fsp3) is 0.267. The van der Waals surface area contributed by atoms with Crippen LogP contribution in [0.25, 0.3) is 10.9 Å². The first-order chi connectivity index (χ1) is 10.1. The van der Waals surface area contributed by atoms with Crippen LogP contribution in [0.1, 0.15) is 12.0 Å². The monoisotopic (exact) mass is 300 g/mol. The number of likely N-dealkylation sites (N-methyl/N-ethyl adjacent to an activating group) is 1. The molecule has 1 aromatic carbocycles. The number of hydrogen-bond donors (Lipinski definition) is 1. The van der Waals surface area contributed by atoms with Gasteiger partial charge in [-0.1, -0.05) is 11.6 Å². The molecule has 0 aliphatic carbocycles. The Morgan fingerprint density at radius 1 is 1.48 bits per heavy atom. The van der Waals surface area contributed by atoms with E-state index < -0.39 is 0 Å². The summed E-state index contributed by atoms with van der Waals surface area (Å²) >= 11 is 5.96. The van der Waals surface area contributed by atoms with Crippen LogP contribution in [-0.2, 0) is 4.79 Å². The standard InChI is InChI=1S/C15H13ClN4O/c1-20-5-4-13(15(20)21)19-14-6-9(8-17)11-7-10(16)2-3-12(11)18-14/h2-3,6-7,13H,4-5H2,1H3,(H,18,19)/t13-/m0/s1. The van der Waals surface area contributed by atoms with Crippen LogP contribution in [0.2, 0.25) is 5.02 Å². The Morgan fingerprint density at radius 3 is 2.95 bits per heavy atom. The Balaban J connectivity index is 1.99. The summed E-state index contributed by atoms with van der Waals surface area (Å²) in [4.78, 5) is 18.1. The molecule has 1 aromatic heterocycles. The van der Waals surface area contributed by atoms with Gasteiger partial charge >= 0.3 is 0 Å². The van der Waals surface area contributed by atoms with Crippen LogP contribution in [0.3, 0.4) is 0 Å². The lowest BCUT2D eigenvalue weighted by molar-refractivity contribution is -0.127. The third kappa shape index (κ3) is 2.50. The molecule has 6 heteroatoms. The summed E-state index contributed by atoms with van der Waals surface area (Å²) in [6, 6.07) is 8.75. The number of benzene rings is 1. The number of nitrogens with one attached hydrogen (secondary N) is 1. The van der Waals surface area contributed by atoms with E-state index in [9.17, 15) is 10.1 Å². The first kappa shape index (κ1) is 13.7. The Hall–Kier alpha value is -2.32. The molecule has 1 atom stereocenters. The minimum Gasteiger partial charge on any atom is -0.358 e. The molecule has 106 valence electrons. The van der Waals surface area contributed by atoms with E-state index >= 15 is 0 Å². The number of amides is 1. The maximum Gasteiger partial charge on any atom is 0.244 e. The van der Waals surface area contributed by atoms with E-state index in [1.807, 2.05) is 0 Å². The lowest BCUT2D eigenvalue weighted by Crippen LogP contribution is -2.31. The van der Waals surface area contributed by atoms with Crippen LogP contribution < -0.4 is 5.32 Å². The van der Waals surface area contributed by atoms with Crippen LogP contribution >= 0.6 is 11.6 Å². The lowest BCUT2D eigenvalue weighted by atomic mass is 10.1. The van der Waals surface area contributed by atoms with Crippen molar-refractivity contribution in [3.63, 3.8) is 0 Å². The fourth-order valence-electron chi connectivity index (χ4n) is 2.50. The molecular weight excluding hydrogens is 288 g/mol. The van der Waals surface area contributed by atoms with Crippen LogP contribution in [0, 0.1) is 11.3 Å². The van der Waals surface area contributed by atoms with Gasteiger partial charge in [0, 0.05) is 24.0 Å². The highest BCUT2D eigenvalue weighted by molar-refractivity contribution is 6.31. The van der Waals surface area contributed by atoms with Gasteiger partial charge in [-0.3, -0.25) is 4.79 Å². The van der Waals surface area contributed by atoms with Crippen molar-refractivity contribution in [1.82, 2.24) is 9.88 Å². The first-order valence-electron chi connectivity index (χ1n) is 6.60. The van der Waals surface area contributed by atoms with Crippen molar-refractivity contribution in [2.45, 2.75) is 12.5 Å².